The van der Waals surface area contributed by atoms with Gasteiger partial charge in [0.05, 0.1) is 51.3 Å². The molecule has 0 aromatic heterocycles. The normalized spacial score (nSPS) is 50.7. The van der Waals surface area contributed by atoms with Gasteiger partial charge in [0.15, 0.2) is 50.3 Å². The smallest absolute Gasteiger partial charge is 0.217 e. The first kappa shape index (κ1) is 77.7. The third-order valence-corrected chi connectivity index (χ3v) is 17.7. The maximum absolute atomic E-state index is 13.3. The highest BCUT2D eigenvalue weighted by Crippen LogP contribution is 2.40. The lowest BCUT2D eigenvalue weighted by molar-refractivity contribution is -0.410. The molecule has 0 aliphatic carbocycles. The Balaban J connectivity index is 1.14. The highest BCUT2D eigenvalue weighted by molar-refractivity contribution is 5.74. The highest BCUT2D eigenvalue weighted by atomic mass is 16.8. The van der Waals surface area contributed by atoms with Gasteiger partial charge >= 0.3 is 0 Å². The Labute approximate surface area is 540 Å². The van der Waals surface area contributed by atoms with Crippen LogP contribution in [0.5, 0.6) is 0 Å². The van der Waals surface area contributed by atoms with Crippen LogP contribution in [-0.2, 0) is 85.4 Å². The number of aliphatic hydroxyl groups is 20. The molecule has 95 heavy (non-hydrogen) atoms. The quantitative estimate of drug-likeness (QED) is 0.0479. The predicted molar refractivity (Wildman–Crippen MR) is 295 cm³/mol. The van der Waals surface area contributed by atoms with Crippen molar-refractivity contribution in [3.8, 4) is 0 Å². The van der Waals surface area contributed by atoms with Crippen molar-refractivity contribution >= 4 is 17.7 Å². The number of aliphatic hydroxyl groups excluding tert-OH is 20. The summed E-state index contributed by atoms with van der Waals surface area (Å²) in [7, 11) is 0. The largest absolute Gasteiger partial charge is 0.394 e. The molecule has 41 heteroatoms. The molecule has 0 saturated carbocycles. The lowest BCUT2D eigenvalue weighted by Gasteiger charge is -2.51. The molecule has 0 aromatic carbocycles. The van der Waals surface area contributed by atoms with Gasteiger partial charge in [0, 0.05) is 20.8 Å². The Kier molecular flexibility index (Phi) is 27.2. The molecule has 23 N–H and O–H groups in total. The molecule has 40 atom stereocenters. The minimum atomic E-state index is -2.29. The predicted octanol–water partition coefficient (Wildman–Crippen LogP) is -14.9. The summed E-state index contributed by atoms with van der Waals surface area (Å²) in [5.41, 5.74) is 0. The SMILES string of the molecule is CC(=O)N[C@@H]1[C@@H](O[C@@H]2O[C@H](CO)[C@H](O)[C@H](O[C@@H]3O[C@H](CO)[C@H](O)[C@H](O)[C@H]3O[C@@H]3O[C@@H](C)[C@@H](O)[C@@H](O)[C@@H]3O)[C@H]2O[C@@H]2O[C@@H](C)[C@@H](O)[C@@H](O)[C@@H]2O)[C@@H](O)[C@@H](CO[C@@H]2O[C@H](CO)[C@@H](O[C@@H]3O[C@@H](C)[C@@H](O)[C@@H](O)[C@@H]3O)[C@H](O[C@@H]3O[C@H](CO)[C@@H](O)[C@H](O)[C@H]3NC(C)=O)[C@H]2NC(C)=O)O[C@@H]1O. The molecule has 550 valence electrons. The van der Waals surface area contributed by atoms with Gasteiger partial charge in [-0.05, 0) is 20.8 Å². The molecule has 0 aromatic rings. The molecule has 0 bridgehead atoms. The molecule has 8 aliphatic rings. The average molecular weight is 1390 g/mol. The number of nitrogens with one attached hydrogen (secondary N) is 3. The standard InChI is InChI=1S/C54H91N3O38/c1-12-26(65)34(73)38(77)50(82-12)90-41-21(10-61)89-48(25(57-17(6)64)43(41)92-49-23(55-15(4)62)33(72)29(68)18(7-58)86-49)81-11-22-32(71)42(24(47(80)85-22)56-16(5)63)91-54-46(95-52-40(79)36(75)28(67)14(3)84-52)44(31(70)20(9-60)88-54)93-53-45(37(76)30(69)19(8-59)87-53)94-51-39(78)35(74)27(66)13(2)83-51/h12-14,18-54,58-61,65-80H,7-11H2,1-6H3,(H,55,62)(H,56,63)(H,57,64)/t12-,13-,14-,18+,19+,20+,21+,22+,23+,24+,25+,26+,27+,28+,29+,30-,31-,32-,33+,34+,35+,36+,37-,38-,39-,40-,41+,42+,43+,44-,45+,46+,47-,48+,49-,50-,51-,52-,53-,54-/m0/s1. The number of ether oxygens (including phenoxy) is 15. The van der Waals surface area contributed by atoms with Crippen LogP contribution < -0.4 is 16.0 Å². The molecule has 8 heterocycles. The van der Waals surface area contributed by atoms with Crippen LogP contribution in [0.15, 0.2) is 0 Å². The maximum Gasteiger partial charge on any atom is 0.217 e. The zero-order valence-corrected chi connectivity index (χ0v) is 51.9. The molecule has 8 saturated heterocycles. The second kappa shape index (κ2) is 33.2. The van der Waals surface area contributed by atoms with E-state index < -0.39 is 296 Å². The molecule has 0 unspecified atom stereocenters. The van der Waals surface area contributed by atoms with Gasteiger partial charge in [-0.3, -0.25) is 14.4 Å². The molecule has 0 spiro atoms. The van der Waals surface area contributed by atoms with Crippen molar-refractivity contribution in [3.63, 3.8) is 0 Å². The lowest BCUT2D eigenvalue weighted by Crippen LogP contribution is -2.71. The third-order valence-electron chi connectivity index (χ3n) is 17.7. The number of amides is 3. The van der Waals surface area contributed by atoms with Crippen LogP contribution >= 0.6 is 0 Å². The molecular formula is C54H91N3O38. The van der Waals surface area contributed by atoms with E-state index in [9.17, 15) is 117 Å². The van der Waals surface area contributed by atoms with Crippen molar-refractivity contribution < 1.29 is 188 Å². The Bertz CT molecular complexity index is 2460. The van der Waals surface area contributed by atoms with E-state index in [0.29, 0.717) is 0 Å². The van der Waals surface area contributed by atoms with Gasteiger partial charge in [-0.15, -0.1) is 0 Å². The third kappa shape index (κ3) is 17.0. The minimum absolute atomic E-state index is 0.810. The van der Waals surface area contributed by atoms with Gasteiger partial charge in [-0.25, -0.2) is 0 Å². The zero-order valence-electron chi connectivity index (χ0n) is 51.9. The van der Waals surface area contributed by atoms with Crippen molar-refractivity contribution in [2.75, 3.05) is 33.0 Å². The Morgan fingerprint density at radius 3 is 1.13 bits per heavy atom. The van der Waals surface area contributed by atoms with Crippen LogP contribution in [0.3, 0.4) is 0 Å². The summed E-state index contributed by atoms with van der Waals surface area (Å²) in [4.78, 5) is 38.8. The molecule has 3 amide bonds. The van der Waals surface area contributed by atoms with Crippen molar-refractivity contribution in [2.45, 2.75) is 287 Å². The first-order valence-electron chi connectivity index (χ1n) is 30.7. The highest BCUT2D eigenvalue weighted by Gasteiger charge is 2.60. The van der Waals surface area contributed by atoms with E-state index >= 15 is 0 Å². The van der Waals surface area contributed by atoms with E-state index in [-0.39, 0.29) is 0 Å². The van der Waals surface area contributed by atoms with E-state index in [1.54, 1.807) is 0 Å². The number of hydrogen-bond donors (Lipinski definition) is 23. The van der Waals surface area contributed by atoms with Gasteiger partial charge in [0.2, 0.25) is 17.7 Å². The van der Waals surface area contributed by atoms with Gasteiger partial charge in [-0.2, -0.15) is 0 Å². The van der Waals surface area contributed by atoms with E-state index in [0.717, 1.165) is 20.8 Å². The van der Waals surface area contributed by atoms with Crippen molar-refractivity contribution in [1.82, 2.24) is 16.0 Å². The lowest BCUT2D eigenvalue weighted by atomic mass is 9.93. The summed E-state index contributed by atoms with van der Waals surface area (Å²) in [6.07, 6.45) is -71.4. The fourth-order valence-corrected chi connectivity index (χ4v) is 12.4. The topological polar surface area (TPSA) is 630 Å². The van der Waals surface area contributed by atoms with E-state index in [2.05, 4.69) is 16.0 Å². The van der Waals surface area contributed by atoms with E-state index in [1.807, 2.05) is 0 Å². The number of carbonyl (C=O) groups is 3. The molecule has 41 nitrogen and oxygen atoms in total. The second-order valence-electron chi connectivity index (χ2n) is 24.6. The fraction of sp³-hybridized carbons (Fsp3) is 0.944. The number of carbonyl (C=O) groups excluding carboxylic acids is 3. The van der Waals surface area contributed by atoms with Crippen LogP contribution in [-0.4, -0.2) is 398 Å². The molecular weight excluding hydrogens is 1300 g/mol. The Morgan fingerprint density at radius 2 is 0.653 bits per heavy atom. The summed E-state index contributed by atoms with van der Waals surface area (Å²) in [6.45, 7) is 1.61. The first-order valence-corrected chi connectivity index (χ1v) is 30.7. The van der Waals surface area contributed by atoms with Crippen LogP contribution in [0.4, 0.5) is 0 Å². The van der Waals surface area contributed by atoms with Crippen LogP contribution in [0.1, 0.15) is 41.5 Å². The number of rotatable bonds is 22. The molecule has 8 fully saturated rings. The summed E-state index contributed by atoms with van der Waals surface area (Å²) < 4.78 is 90.1. The zero-order chi connectivity index (χ0) is 70.1. The maximum atomic E-state index is 13.3. The number of hydrogen-bond acceptors (Lipinski definition) is 38. The fourth-order valence-electron chi connectivity index (χ4n) is 12.4. The minimum Gasteiger partial charge on any atom is -0.394 e. The van der Waals surface area contributed by atoms with Gasteiger partial charge in [0.1, 0.15) is 177 Å². The van der Waals surface area contributed by atoms with Crippen molar-refractivity contribution in [3.05, 3.63) is 0 Å². The van der Waals surface area contributed by atoms with Crippen molar-refractivity contribution in [1.29, 1.82) is 0 Å². The summed E-state index contributed by atoms with van der Waals surface area (Å²) in [5, 5.41) is 228. The summed E-state index contributed by atoms with van der Waals surface area (Å²) in [6, 6.07) is -5.40. The second-order valence-corrected chi connectivity index (χ2v) is 24.6. The summed E-state index contributed by atoms with van der Waals surface area (Å²) in [5.74, 6) is -2.61. The van der Waals surface area contributed by atoms with Gasteiger partial charge < -0.3 is 189 Å². The summed E-state index contributed by atoms with van der Waals surface area (Å²) >= 11 is 0. The van der Waals surface area contributed by atoms with Gasteiger partial charge in [-0.1, -0.05) is 0 Å². The van der Waals surface area contributed by atoms with Crippen LogP contribution in [0, 0.1) is 0 Å². The first-order chi connectivity index (χ1) is 44.8. The van der Waals surface area contributed by atoms with Crippen LogP contribution in [0.25, 0.3) is 0 Å². The van der Waals surface area contributed by atoms with Crippen molar-refractivity contribution in [2.24, 2.45) is 0 Å². The Hall–Kier alpha value is -2.99. The van der Waals surface area contributed by atoms with E-state index in [1.165, 1.54) is 20.8 Å². The average Bonchev–Trinajstić information content (AvgIpc) is 0.770. The molecule has 0 radical (unpaired) electrons. The van der Waals surface area contributed by atoms with Crippen LogP contribution in [0.2, 0.25) is 0 Å². The molecule has 8 aliphatic heterocycles. The Morgan fingerprint density at radius 1 is 0.295 bits per heavy atom. The van der Waals surface area contributed by atoms with E-state index in [4.69, 9.17) is 71.1 Å². The molecule has 8 rings (SSSR count). The van der Waals surface area contributed by atoms with Gasteiger partial charge in [0.25, 0.3) is 0 Å². The monoisotopic (exact) mass is 1390 g/mol.